The summed E-state index contributed by atoms with van der Waals surface area (Å²) >= 11 is 13.4. The van der Waals surface area contributed by atoms with Crippen LogP contribution < -0.4 is 10.1 Å². The van der Waals surface area contributed by atoms with Crippen LogP contribution in [0.4, 0.5) is 5.69 Å². The number of hydrogen-bond acceptors (Lipinski definition) is 6. The number of aryl methyl sites for hydroxylation is 1. The number of nitrogens with zero attached hydrogens (tertiary/aromatic N) is 2. The third-order valence-corrected chi connectivity index (χ3v) is 5.70. The van der Waals surface area contributed by atoms with E-state index in [1.807, 2.05) is 23.6 Å². The first-order valence-corrected chi connectivity index (χ1v) is 11.1. The molecule has 158 valence electrons. The molecule has 0 aliphatic rings. The summed E-state index contributed by atoms with van der Waals surface area (Å²) in [5.74, 6) is 1.47. The Labute approximate surface area is 192 Å². The molecule has 0 atom stereocenters. The minimum Gasteiger partial charge on any atom is -0.492 e. The predicted octanol–water partition coefficient (Wildman–Crippen LogP) is 6.37. The van der Waals surface area contributed by atoms with Crippen LogP contribution in [-0.2, 0) is 6.42 Å². The van der Waals surface area contributed by atoms with Crippen LogP contribution in [0.1, 0.15) is 22.0 Å². The van der Waals surface area contributed by atoms with Crippen molar-refractivity contribution in [3.05, 3.63) is 80.8 Å². The molecule has 4 rings (SSSR count). The highest BCUT2D eigenvalue weighted by Gasteiger charge is 2.11. The quantitative estimate of drug-likeness (QED) is 0.301. The SMILES string of the molecule is O=C(Nc1ccc(-c2noc(CCCOc3ccc(Cl)cc3Cl)n2)cc1)c1cccs1. The van der Waals surface area contributed by atoms with Crippen molar-refractivity contribution in [2.45, 2.75) is 12.8 Å². The van der Waals surface area contributed by atoms with Crippen molar-refractivity contribution in [3.8, 4) is 17.1 Å². The second-order valence-electron chi connectivity index (χ2n) is 6.55. The van der Waals surface area contributed by atoms with E-state index in [9.17, 15) is 4.79 Å². The lowest BCUT2D eigenvalue weighted by Crippen LogP contribution is -2.09. The summed E-state index contributed by atoms with van der Waals surface area (Å²) in [7, 11) is 0. The number of hydrogen-bond donors (Lipinski definition) is 1. The number of nitrogens with one attached hydrogen (secondary N) is 1. The van der Waals surface area contributed by atoms with Gasteiger partial charge in [-0.05, 0) is 60.3 Å². The summed E-state index contributed by atoms with van der Waals surface area (Å²) in [6, 6.07) is 16.0. The summed E-state index contributed by atoms with van der Waals surface area (Å²) in [4.78, 5) is 17.2. The molecule has 2 aromatic heterocycles. The fourth-order valence-electron chi connectivity index (χ4n) is 2.77. The zero-order chi connectivity index (χ0) is 21.6. The van der Waals surface area contributed by atoms with Crippen molar-refractivity contribution >= 4 is 46.1 Å². The van der Waals surface area contributed by atoms with Gasteiger partial charge >= 0.3 is 0 Å². The number of anilines is 1. The first kappa shape index (κ1) is 21.4. The van der Waals surface area contributed by atoms with E-state index in [1.165, 1.54) is 11.3 Å². The van der Waals surface area contributed by atoms with Gasteiger partial charge in [0.2, 0.25) is 11.7 Å². The van der Waals surface area contributed by atoms with Gasteiger partial charge in [-0.2, -0.15) is 4.98 Å². The molecule has 0 aliphatic carbocycles. The smallest absolute Gasteiger partial charge is 0.265 e. The first-order chi connectivity index (χ1) is 15.1. The van der Waals surface area contributed by atoms with E-state index in [2.05, 4.69) is 15.5 Å². The van der Waals surface area contributed by atoms with Gasteiger partial charge in [-0.15, -0.1) is 11.3 Å². The molecule has 0 radical (unpaired) electrons. The average molecular weight is 474 g/mol. The third kappa shape index (κ3) is 5.64. The lowest BCUT2D eigenvalue weighted by Gasteiger charge is -2.07. The summed E-state index contributed by atoms with van der Waals surface area (Å²) < 4.78 is 11.0. The number of thiophene rings is 1. The van der Waals surface area contributed by atoms with Crippen molar-refractivity contribution in [1.82, 2.24) is 10.1 Å². The number of carbonyl (C=O) groups excluding carboxylic acids is 1. The predicted molar refractivity (Wildman–Crippen MR) is 122 cm³/mol. The number of ether oxygens (including phenoxy) is 1. The molecule has 6 nitrogen and oxygen atoms in total. The molecule has 31 heavy (non-hydrogen) atoms. The van der Waals surface area contributed by atoms with Crippen molar-refractivity contribution in [2.75, 3.05) is 11.9 Å². The molecule has 1 amide bonds. The van der Waals surface area contributed by atoms with E-state index in [-0.39, 0.29) is 5.91 Å². The Kier molecular flexibility index (Phi) is 6.86. The fraction of sp³-hybridized carbons (Fsp3) is 0.136. The van der Waals surface area contributed by atoms with E-state index >= 15 is 0 Å². The molecular weight excluding hydrogens is 457 g/mol. The van der Waals surface area contributed by atoms with Crippen molar-refractivity contribution in [3.63, 3.8) is 0 Å². The molecule has 0 saturated heterocycles. The second kappa shape index (κ2) is 9.96. The van der Waals surface area contributed by atoms with Crippen LogP contribution in [0.5, 0.6) is 5.75 Å². The molecule has 0 spiro atoms. The summed E-state index contributed by atoms with van der Waals surface area (Å²) in [6.45, 7) is 0.456. The molecule has 0 aliphatic heterocycles. The Bertz CT molecular complexity index is 1160. The van der Waals surface area contributed by atoms with Crippen LogP contribution in [0.25, 0.3) is 11.4 Å². The van der Waals surface area contributed by atoms with Crippen molar-refractivity contribution in [1.29, 1.82) is 0 Å². The van der Waals surface area contributed by atoms with Crippen molar-refractivity contribution in [2.24, 2.45) is 0 Å². The standard InChI is InChI=1S/C22H17Cl2N3O3S/c23-15-7-10-18(17(24)13-15)29-11-1-4-20-26-21(27-30-20)14-5-8-16(9-6-14)25-22(28)19-3-2-12-31-19/h2-3,5-10,12-13H,1,4,11H2,(H,25,28). The van der Waals surface area contributed by atoms with Gasteiger partial charge in [-0.25, -0.2) is 0 Å². The van der Waals surface area contributed by atoms with E-state index in [4.69, 9.17) is 32.5 Å². The minimum atomic E-state index is -0.133. The zero-order valence-corrected chi connectivity index (χ0v) is 18.5. The Morgan fingerprint density at radius 1 is 1.13 bits per heavy atom. The summed E-state index contributed by atoms with van der Waals surface area (Å²) in [5, 5.41) is 9.79. The van der Waals surface area contributed by atoms with E-state index < -0.39 is 0 Å². The molecule has 2 heterocycles. The van der Waals surface area contributed by atoms with Crippen LogP contribution in [0.3, 0.4) is 0 Å². The minimum absolute atomic E-state index is 0.133. The normalized spacial score (nSPS) is 10.8. The highest BCUT2D eigenvalue weighted by Crippen LogP contribution is 2.27. The van der Waals surface area contributed by atoms with Gasteiger partial charge < -0.3 is 14.6 Å². The topological polar surface area (TPSA) is 77.2 Å². The van der Waals surface area contributed by atoms with Crippen LogP contribution in [0.2, 0.25) is 10.0 Å². The average Bonchev–Trinajstić information content (AvgIpc) is 3.46. The second-order valence-corrected chi connectivity index (χ2v) is 8.34. The van der Waals surface area contributed by atoms with Gasteiger partial charge in [0.1, 0.15) is 5.75 Å². The third-order valence-electron chi connectivity index (χ3n) is 4.30. The Balaban J connectivity index is 1.28. The lowest BCUT2D eigenvalue weighted by atomic mass is 10.2. The van der Waals surface area contributed by atoms with Crippen LogP contribution >= 0.6 is 34.5 Å². The highest BCUT2D eigenvalue weighted by molar-refractivity contribution is 7.12. The van der Waals surface area contributed by atoms with Gasteiger partial charge in [0.05, 0.1) is 16.5 Å². The van der Waals surface area contributed by atoms with Gasteiger partial charge in [0, 0.05) is 22.7 Å². The molecule has 0 bridgehead atoms. The molecule has 0 saturated carbocycles. The van der Waals surface area contributed by atoms with Gasteiger partial charge in [-0.1, -0.05) is 34.4 Å². The maximum atomic E-state index is 12.1. The molecule has 2 aromatic carbocycles. The van der Waals surface area contributed by atoms with E-state index in [1.54, 1.807) is 36.4 Å². The number of halogens is 2. The maximum Gasteiger partial charge on any atom is 0.265 e. The van der Waals surface area contributed by atoms with Crippen LogP contribution in [0.15, 0.2) is 64.5 Å². The number of aromatic nitrogens is 2. The summed E-state index contributed by atoms with van der Waals surface area (Å²) in [5.41, 5.74) is 1.50. The monoisotopic (exact) mass is 473 g/mol. The molecule has 4 aromatic rings. The Hall–Kier alpha value is -2.87. The Morgan fingerprint density at radius 3 is 2.71 bits per heavy atom. The number of rotatable bonds is 8. The Morgan fingerprint density at radius 2 is 1.97 bits per heavy atom. The molecule has 0 unspecified atom stereocenters. The van der Waals surface area contributed by atoms with Crippen molar-refractivity contribution < 1.29 is 14.1 Å². The van der Waals surface area contributed by atoms with Crippen LogP contribution in [0, 0.1) is 0 Å². The largest absolute Gasteiger partial charge is 0.492 e. The highest BCUT2D eigenvalue weighted by atomic mass is 35.5. The van der Waals surface area contributed by atoms with E-state index in [0.29, 0.717) is 57.5 Å². The van der Waals surface area contributed by atoms with Crippen LogP contribution in [-0.4, -0.2) is 22.7 Å². The lowest BCUT2D eigenvalue weighted by molar-refractivity contribution is 0.103. The fourth-order valence-corrected chi connectivity index (χ4v) is 3.86. The van der Waals surface area contributed by atoms with Gasteiger partial charge in [0.25, 0.3) is 5.91 Å². The zero-order valence-electron chi connectivity index (χ0n) is 16.2. The van der Waals surface area contributed by atoms with Gasteiger partial charge in [-0.3, -0.25) is 4.79 Å². The molecule has 9 heteroatoms. The number of amides is 1. The molecule has 0 fully saturated rings. The van der Waals surface area contributed by atoms with Gasteiger partial charge in [0.15, 0.2) is 0 Å². The summed E-state index contributed by atoms with van der Waals surface area (Å²) in [6.07, 6.45) is 1.27. The maximum absolute atomic E-state index is 12.1. The number of carbonyl (C=O) groups is 1. The molecule has 1 N–H and O–H groups in total. The molecular formula is C22H17Cl2N3O3S. The van der Waals surface area contributed by atoms with E-state index in [0.717, 1.165) is 5.56 Å². The number of benzene rings is 2. The first-order valence-electron chi connectivity index (χ1n) is 9.44.